The molecule has 3 N–H and O–H groups in total. The second kappa shape index (κ2) is 9.68. The molecule has 1 aromatic carbocycles. The number of aryl methyl sites for hydroxylation is 1. The molecule has 2 amide bonds. The van der Waals surface area contributed by atoms with Gasteiger partial charge >= 0.3 is 0 Å². The predicted molar refractivity (Wildman–Crippen MR) is 106 cm³/mol. The quantitative estimate of drug-likeness (QED) is 0.693. The molecule has 1 aliphatic rings. The fourth-order valence-electron chi connectivity index (χ4n) is 2.83. The van der Waals surface area contributed by atoms with Crippen LogP contribution in [0.25, 0.3) is 0 Å². The minimum atomic E-state index is -0.368. The van der Waals surface area contributed by atoms with Gasteiger partial charge in [-0.3, -0.25) is 14.9 Å². The van der Waals surface area contributed by atoms with Crippen molar-refractivity contribution in [1.29, 1.82) is 0 Å². The van der Waals surface area contributed by atoms with Gasteiger partial charge in [0.25, 0.3) is 5.91 Å². The monoisotopic (exact) mass is 412 g/mol. The van der Waals surface area contributed by atoms with Gasteiger partial charge in [0.05, 0.1) is 6.54 Å². The van der Waals surface area contributed by atoms with Gasteiger partial charge in [-0.15, -0.1) is 12.4 Å². The summed E-state index contributed by atoms with van der Waals surface area (Å²) < 4.78 is 1.55. The number of aromatic nitrogens is 3. The van der Waals surface area contributed by atoms with E-state index in [2.05, 4.69) is 26.0 Å². The van der Waals surface area contributed by atoms with Gasteiger partial charge in [-0.1, -0.05) is 17.7 Å². The van der Waals surface area contributed by atoms with Crippen molar-refractivity contribution in [3.05, 3.63) is 40.7 Å². The lowest BCUT2D eigenvalue weighted by Gasteiger charge is -2.19. The van der Waals surface area contributed by atoms with Gasteiger partial charge in [-0.25, -0.2) is 4.68 Å². The molecule has 0 unspecified atom stereocenters. The molecule has 1 saturated heterocycles. The van der Waals surface area contributed by atoms with Crippen LogP contribution >= 0.6 is 24.0 Å². The number of anilines is 1. The Morgan fingerprint density at radius 2 is 2.07 bits per heavy atom. The summed E-state index contributed by atoms with van der Waals surface area (Å²) >= 11 is 5.86. The van der Waals surface area contributed by atoms with Crippen LogP contribution < -0.4 is 16.0 Å². The molecule has 1 aromatic heterocycles. The summed E-state index contributed by atoms with van der Waals surface area (Å²) in [5.41, 5.74) is 0.400. The van der Waals surface area contributed by atoms with E-state index in [1.54, 1.807) is 36.0 Å². The van der Waals surface area contributed by atoms with E-state index in [0.29, 0.717) is 22.5 Å². The van der Waals surface area contributed by atoms with Crippen molar-refractivity contribution in [3.63, 3.8) is 0 Å². The van der Waals surface area contributed by atoms with E-state index in [-0.39, 0.29) is 30.8 Å². The fraction of sp³-hybridized carbons (Fsp3) is 0.412. The Hall–Kier alpha value is -2.16. The van der Waals surface area contributed by atoms with Crippen molar-refractivity contribution in [2.45, 2.75) is 18.8 Å². The Kier molecular flexibility index (Phi) is 7.58. The highest BCUT2D eigenvalue weighted by atomic mass is 35.5. The Labute approximate surface area is 168 Å². The number of nitrogens with one attached hydrogen (secondary N) is 3. The number of benzene rings is 1. The Bertz CT molecular complexity index is 804. The summed E-state index contributed by atoms with van der Waals surface area (Å²) in [5, 5.41) is 13.4. The summed E-state index contributed by atoms with van der Waals surface area (Å²) in [7, 11) is 1.73. The number of carbonyl (C=O) groups excluding carboxylic acids is 2. The van der Waals surface area contributed by atoms with Crippen LogP contribution in [0, 0.1) is 0 Å². The first-order valence-electron chi connectivity index (χ1n) is 8.48. The zero-order chi connectivity index (χ0) is 18.5. The molecule has 0 saturated carbocycles. The third-order valence-corrected chi connectivity index (χ3v) is 4.47. The van der Waals surface area contributed by atoms with Crippen molar-refractivity contribution >= 4 is 41.8 Å². The van der Waals surface area contributed by atoms with Gasteiger partial charge < -0.3 is 10.6 Å². The lowest BCUT2D eigenvalue weighted by Crippen LogP contribution is -2.33. The number of halogens is 2. The number of hydrogen-bond acceptors (Lipinski definition) is 5. The van der Waals surface area contributed by atoms with E-state index < -0.39 is 0 Å². The molecule has 1 fully saturated rings. The average molecular weight is 413 g/mol. The molecular formula is C17H22Cl2N6O2. The molecule has 146 valence electrons. The highest BCUT2D eigenvalue weighted by Gasteiger charge is 2.21. The van der Waals surface area contributed by atoms with Crippen LogP contribution in [0.4, 0.5) is 5.95 Å². The van der Waals surface area contributed by atoms with E-state index >= 15 is 0 Å². The maximum atomic E-state index is 12.1. The van der Waals surface area contributed by atoms with Crippen molar-refractivity contribution in [3.8, 4) is 0 Å². The smallest absolute Gasteiger partial charge is 0.251 e. The third-order valence-electron chi connectivity index (χ3n) is 4.23. The van der Waals surface area contributed by atoms with Crippen LogP contribution in [0.3, 0.4) is 0 Å². The number of nitrogens with zero attached hydrogens (tertiary/aromatic N) is 3. The molecule has 0 spiro atoms. The van der Waals surface area contributed by atoms with Gasteiger partial charge in [-0.2, -0.15) is 10.1 Å². The van der Waals surface area contributed by atoms with Gasteiger partial charge in [0.1, 0.15) is 0 Å². The number of piperidine rings is 1. The largest absolute Gasteiger partial charge is 0.343 e. The van der Waals surface area contributed by atoms with E-state index in [4.69, 9.17) is 11.6 Å². The fourth-order valence-corrected chi connectivity index (χ4v) is 3.02. The molecule has 0 aliphatic carbocycles. The zero-order valence-electron chi connectivity index (χ0n) is 14.9. The molecular weight excluding hydrogens is 391 g/mol. The number of rotatable bonds is 5. The minimum Gasteiger partial charge on any atom is -0.343 e. The van der Waals surface area contributed by atoms with Crippen LogP contribution in [0.5, 0.6) is 0 Å². The molecule has 8 nitrogen and oxygen atoms in total. The molecule has 27 heavy (non-hydrogen) atoms. The van der Waals surface area contributed by atoms with Crippen molar-refractivity contribution in [2.24, 2.45) is 7.05 Å². The summed E-state index contributed by atoms with van der Waals surface area (Å²) in [5.74, 6) is 0.687. The SMILES string of the molecule is Cl.Cn1nc(C2CCNCC2)nc1NC(=O)CNC(=O)c1cccc(Cl)c1. The standard InChI is InChI=1S/C17H21ClN6O2.ClH/c1-24-17(22-15(23-24)11-5-7-19-8-6-11)21-14(25)10-20-16(26)12-3-2-4-13(18)9-12;/h2-4,9,11,19H,5-8,10H2,1H3,(H,20,26)(H,21,22,23,25);1H. The summed E-state index contributed by atoms with van der Waals surface area (Å²) in [6.07, 6.45) is 1.96. The van der Waals surface area contributed by atoms with Crippen LogP contribution in [-0.2, 0) is 11.8 Å². The summed E-state index contributed by atoms with van der Waals surface area (Å²) in [6.45, 7) is 1.72. The van der Waals surface area contributed by atoms with Gasteiger partial charge in [0, 0.05) is 23.6 Å². The molecule has 2 heterocycles. The topological polar surface area (TPSA) is 101 Å². The van der Waals surface area contributed by atoms with E-state index in [1.165, 1.54) is 0 Å². The first-order chi connectivity index (χ1) is 12.5. The van der Waals surface area contributed by atoms with E-state index in [9.17, 15) is 9.59 Å². The molecule has 0 bridgehead atoms. The summed E-state index contributed by atoms with van der Waals surface area (Å²) in [6, 6.07) is 6.54. The van der Waals surface area contributed by atoms with Crippen molar-refractivity contribution < 1.29 is 9.59 Å². The van der Waals surface area contributed by atoms with E-state index in [0.717, 1.165) is 31.8 Å². The number of carbonyl (C=O) groups is 2. The van der Waals surface area contributed by atoms with Gasteiger partial charge in [-0.05, 0) is 44.1 Å². The highest BCUT2D eigenvalue weighted by Crippen LogP contribution is 2.23. The highest BCUT2D eigenvalue weighted by molar-refractivity contribution is 6.31. The lowest BCUT2D eigenvalue weighted by molar-refractivity contribution is -0.115. The van der Waals surface area contributed by atoms with Crippen LogP contribution in [0.1, 0.15) is 34.9 Å². The lowest BCUT2D eigenvalue weighted by atomic mass is 9.98. The maximum absolute atomic E-state index is 12.1. The predicted octanol–water partition coefficient (Wildman–Crippen LogP) is 1.73. The van der Waals surface area contributed by atoms with Crippen LogP contribution in [0.15, 0.2) is 24.3 Å². The molecule has 2 aromatic rings. The molecule has 0 radical (unpaired) electrons. The number of hydrogen-bond donors (Lipinski definition) is 3. The minimum absolute atomic E-state index is 0. The zero-order valence-corrected chi connectivity index (χ0v) is 16.4. The Morgan fingerprint density at radius 3 is 2.78 bits per heavy atom. The second-order valence-corrected chi connectivity index (χ2v) is 6.62. The second-order valence-electron chi connectivity index (χ2n) is 6.18. The third kappa shape index (κ3) is 5.66. The van der Waals surface area contributed by atoms with E-state index in [1.807, 2.05) is 0 Å². The molecule has 1 aliphatic heterocycles. The summed E-state index contributed by atoms with van der Waals surface area (Å²) in [4.78, 5) is 28.6. The first kappa shape index (κ1) is 21.1. The maximum Gasteiger partial charge on any atom is 0.251 e. The average Bonchev–Trinajstić information content (AvgIpc) is 3.01. The van der Waals surface area contributed by atoms with Crippen molar-refractivity contribution in [1.82, 2.24) is 25.4 Å². The van der Waals surface area contributed by atoms with Crippen LogP contribution in [-0.4, -0.2) is 46.2 Å². The van der Waals surface area contributed by atoms with Crippen LogP contribution in [0.2, 0.25) is 5.02 Å². The molecule has 3 rings (SSSR count). The Morgan fingerprint density at radius 1 is 1.33 bits per heavy atom. The van der Waals surface area contributed by atoms with Gasteiger partial charge in [0.2, 0.25) is 11.9 Å². The van der Waals surface area contributed by atoms with Crippen molar-refractivity contribution in [2.75, 3.05) is 25.0 Å². The normalized spacial score (nSPS) is 14.3. The first-order valence-corrected chi connectivity index (χ1v) is 8.86. The molecule has 10 heteroatoms. The number of amides is 2. The van der Waals surface area contributed by atoms with Gasteiger partial charge in [0.15, 0.2) is 5.82 Å². The Balaban J connectivity index is 0.00000261. The molecule has 0 atom stereocenters.